The molecule has 8 heteroatoms. The lowest BCUT2D eigenvalue weighted by Gasteiger charge is -2.00. The molecule has 13 heavy (non-hydrogen) atoms. The molecule has 0 aliphatic heterocycles. The van der Waals surface area contributed by atoms with Gasteiger partial charge < -0.3 is 0 Å². The van der Waals surface area contributed by atoms with Crippen LogP contribution in [0.15, 0.2) is 9.63 Å². The van der Waals surface area contributed by atoms with Crippen LogP contribution in [0.3, 0.4) is 0 Å². The molecule has 0 bridgehead atoms. The topological polar surface area (TPSA) is 59.9 Å². The van der Waals surface area contributed by atoms with Crippen molar-refractivity contribution in [3.05, 3.63) is 14.8 Å². The summed E-state index contributed by atoms with van der Waals surface area (Å²) >= 11 is 14.2. The number of sulfone groups is 1. The minimum atomic E-state index is -3.48. The molecule has 0 aliphatic rings. The van der Waals surface area contributed by atoms with E-state index in [-0.39, 0.29) is 19.9 Å². The van der Waals surface area contributed by atoms with E-state index in [1.807, 2.05) is 0 Å². The minimum Gasteiger partial charge on any atom is -0.221 e. The first kappa shape index (κ1) is 11.2. The molecule has 0 atom stereocenters. The Morgan fingerprint density at radius 3 is 1.92 bits per heavy atom. The third-order valence-electron chi connectivity index (χ3n) is 1.08. The van der Waals surface area contributed by atoms with Crippen LogP contribution in [0.2, 0.25) is 10.3 Å². The average Bonchev–Trinajstić information content (AvgIpc) is 1.97. The fourth-order valence-electron chi connectivity index (χ4n) is 0.542. The zero-order valence-electron chi connectivity index (χ0n) is 6.25. The number of aromatic nitrogens is 2. The second-order valence-electron chi connectivity index (χ2n) is 2.17. The summed E-state index contributed by atoms with van der Waals surface area (Å²) < 4.78 is 22.3. The van der Waals surface area contributed by atoms with Gasteiger partial charge in [-0.15, -0.1) is 0 Å². The maximum absolute atomic E-state index is 11.0. The first-order valence-electron chi connectivity index (χ1n) is 2.91. The lowest BCUT2D eigenvalue weighted by molar-refractivity contribution is 0.593. The zero-order valence-corrected chi connectivity index (χ0v) is 10.2. The summed E-state index contributed by atoms with van der Waals surface area (Å²) in [5.41, 5.74) is 0. The fraction of sp³-hybridized carbons (Fsp3) is 0.200. The predicted molar refractivity (Wildman–Crippen MR) is 52.9 cm³/mol. The molecule has 72 valence electrons. The molecule has 0 aromatic carbocycles. The fourth-order valence-corrected chi connectivity index (χ4v) is 1.72. The van der Waals surface area contributed by atoms with Gasteiger partial charge in [-0.1, -0.05) is 23.2 Å². The van der Waals surface area contributed by atoms with E-state index in [1.165, 1.54) is 0 Å². The van der Waals surface area contributed by atoms with Crippen molar-refractivity contribution < 1.29 is 8.42 Å². The molecule has 0 saturated heterocycles. The van der Waals surface area contributed by atoms with Crippen LogP contribution in [0.4, 0.5) is 0 Å². The van der Waals surface area contributed by atoms with E-state index >= 15 is 0 Å². The molecule has 4 nitrogen and oxygen atoms in total. The highest BCUT2D eigenvalue weighted by Gasteiger charge is 2.16. The Morgan fingerprint density at radius 2 is 1.62 bits per heavy atom. The largest absolute Gasteiger partial charge is 0.249 e. The van der Waals surface area contributed by atoms with E-state index in [0.29, 0.717) is 0 Å². The molecule has 1 heterocycles. The number of rotatable bonds is 1. The van der Waals surface area contributed by atoms with Crippen molar-refractivity contribution in [3.63, 3.8) is 0 Å². The van der Waals surface area contributed by atoms with Gasteiger partial charge in [0.05, 0.1) is 4.47 Å². The van der Waals surface area contributed by atoms with Gasteiger partial charge in [0, 0.05) is 6.26 Å². The second kappa shape index (κ2) is 3.68. The van der Waals surface area contributed by atoms with Gasteiger partial charge in [-0.3, -0.25) is 0 Å². The molecule has 0 radical (unpaired) electrons. The Morgan fingerprint density at radius 1 is 1.23 bits per heavy atom. The average molecular weight is 306 g/mol. The molecule has 0 aliphatic carbocycles. The molecule has 1 rings (SSSR count). The van der Waals surface area contributed by atoms with Crippen LogP contribution in [0.1, 0.15) is 0 Å². The molecule has 0 amide bonds. The number of hydrogen-bond donors (Lipinski definition) is 0. The lowest BCUT2D eigenvalue weighted by atomic mass is 10.7. The summed E-state index contributed by atoms with van der Waals surface area (Å²) in [6.45, 7) is 0. The van der Waals surface area contributed by atoms with Gasteiger partial charge in [-0.05, 0) is 15.9 Å². The van der Waals surface area contributed by atoms with Crippen LogP contribution >= 0.6 is 39.1 Å². The standard InChI is InChI=1S/C5H3BrCl2N2O2S/c1-13(11,12)5-9-3(7)2(6)4(8)10-5/h1H3. The quantitative estimate of drug-likeness (QED) is 0.588. The Kier molecular flexibility index (Phi) is 3.16. The first-order valence-corrected chi connectivity index (χ1v) is 6.35. The molecular weight excluding hydrogens is 303 g/mol. The Hall–Kier alpha value is 0.0900. The highest BCUT2D eigenvalue weighted by molar-refractivity contribution is 9.10. The summed E-state index contributed by atoms with van der Waals surface area (Å²) in [5.74, 6) is 0. The Labute approximate surface area is 93.3 Å². The maximum atomic E-state index is 11.0. The molecule has 0 fully saturated rings. The monoisotopic (exact) mass is 304 g/mol. The number of hydrogen-bond acceptors (Lipinski definition) is 4. The van der Waals surface area contributed by atoms with Gasteiger partial charge in [0.1, 0.15) is 10.3 Å². The first-order chi connectivity index (χ1) is 5.82. The number of halogens is 3. The predicted octanol–water partition coefficient (Wildman–Crippen LogP) is 1.95. The van der Waals surface area contributed by atoms with Crippen molar-refractivity contribution in [1.29, 1.82) is 0 Å². The smallest absolute Gasteiger partial charge is 0.221 e. The molecule has 1 aromatic heterocycles. The minimum absolute atomic E-state index is 0.0274. The van der Waals surface area contributed by atoms with Crippen LogP contribution in [-0.4, -0.2) is 24.6 Å². The van der Waals surface area contributed by atoms with Crippen molar-refractivity contribution in [2.45, 2.75) is 5.16 Å². The third-order valence-corrected chi connectivity index (χ3v) is 3.68. The van der Waals surface area contributed by atoms with E-state index in [2.05, 4.69) is 25.9 Å². The third kappa shape index (κ3) is 2.52. The number of nitrogens with zero attached hydrogens (tertiary/aromatic N) is 2. The van der Waals surface area contributed by atoms with Gasteiger partial charge >= 0.3 is 0 Å². The molecule has 1 aromatic rings. The highest BCUT2D eigenvalue weighted by Crippen LogP contribution is 2.27. The molecule has 0 saturated carbocycles. The van der Waals surface area contributed by atoms with Crippen molar-refractivity contribution in [3.8, 4) is 0 Å². The van der Waals surface area contributed by atoms with Gasteiger partial charge in [-0.2, -0.15) is 0 Å². The van der Waals surface area contributed by atoms with Gasteiger partial charge in [0.2, 0.25) is 15.0 Å². The van der Waals surface area contributed by atoms with Crippen molar-refractivity contribution in [2.75, 3.05) is 6.26 Å². The normalized spacial score (nSPS) is 11.7. The Balaban J connectivity index is 3.47. The SMILES string of the molecule is CS(=O)(=O)c1nc(Cl)c(Br)c(Cl)n1. The summed E-state index contributed by atoms with van der Waals surface area (Å²) in [5, 5.41) is -0.438. The molecule has 0 spiro atoms. The summed E-state index contributed by atoms with van der Waals surface area (Å²) in [6, 6.07) is 0. The van der Waals surface area contributed by atoms with E-state index in [0.717, 1.165) is 6.26 Å². The van der Waals surface area contributed by atoms with E-state index < -0.39 is 9.84 Å². The van der Waals surface area contributed by atoms with E-state index in [1.54, 1.807) is 0 Å². The van der Waals surface area contributed by atoms with Crippen LogP contribution < -0.4 is 0 Å². The van der Waals surface area contributed by atoms with Crippen molar-refractivity contribution in [1.82, 2.24) is 9.97 Å². The molecular formula is C5H3BrCl2N2O2S. The second-order valence-corrected chi connectivity index (χ2v) is 5.59. The molecule has 0 N–H and O–H groups in total. The molecule has 0 unspecified atom stereocenters. The van der Waals surface area contributed by atoms with Crippen LogP contribution in [0.25, 0.3) is 0 Å². The maximum Gasteiger partial charge on any atom is 0.249 e. The van der Waals surface area contributed by atoms with E-state index in [9.17, 15) is 8.42 Å². The summed E-state index contributed by atoms with van der Waals surface area (Å²) in [6.07, 6.45) is 0.975. The van der Waals surface area contributed by atoms with Crippen molar-refractivity contribution >= 4 is 49.0 Å². The van der Waals surface area contributed by atoms with Gasteiger partial charge in [0.15, 0.2) is 0 Å². The Bertz CT molecular complexity index is 425. The van der Waals surface area contributed by atoms with Gasteiger partial charge in [0.25, 0.3) is 0 Å². The lowest BCUT2D eigenvalue weighted by Crippen LogP contribution is -2.04. The van der Waals surface area contributed by atoms with Crippen LogP contribution in [0, 0.1) is 0 Å². The van der Waals surface area contributed by atoms with Crippen molar-refractivity contribution in [2.24, 2.45) is 0 Å². The summed E-state index contributed by atoms with van der Waals surface area (Å²) in [7, 11) is -3.48. The van der Waals surface area contributed by atoms with Crippen LogP contribution in [0.5, 0.6) is 0 Å². The van der Waals surface area contributed by atoms with Gasteiger partial charge in [-0.25, -0.2) is 18.4 Å². The summed E-state index contributed by atoms with van der Waals surface area (Å²) in [4.78, 5) is 7.08. The van der Waals surface area contributed by atoms with Crippen LogP contribution in [-0.2, 0) is 9.84 Å². The van der Waals surface area contributed by atoms with E-state index in [4.69, 9.17) is 23.2 Å². The highest BCUT2D eigenvalue weighted by atomic mass is 79.9. The zero-order chi connectivity index (χ0) is 10.2.